The van der Waals surface area contributed by atoms with Crippen LogP contribution in [0.1, 0.15) is 16.7 Å². The Hall–Kier alpha value is -4.80. The lowest BCUT2D eigenvalue weighted by Gasteiger charge is -2.03. The van der Waals surface area contributed by atoms with Gasteiger partial charge in [0.1, 0.15) is 11.3 Å². The molecule has 1 heterocycles. The van der Waals surface area contributed by atoms with Gasteiger partial charge in [0.2, 0.25) is 11.6 Å². The summed E-state index contributed by atoms with van der Waals surface area (Å²) in [6.45, 7) is 3.82. The fourth-order valence-corrected chi connectivity index (χ4v) is 3.38. The minimum Gasteiger partial charge on any atom is -0.507 e. The molecule has 1 aromatic heterocycles. The van der Waals surface area contributed by atoms with Gasteiger partial charge in [-0.2, -0.15) is 0 Å². The molecule has 166 valence electrons. The predicted octanol–water partition coefficient (Wildman–Crippen LogP) is 5.09. The van der Waals surface area contributed by atoms with Gasteiger partial charge in [-0.25, -0.2) is 4.98 Å². The maximum atomic E-state index is 11.1. The molecule has 4 aromatic rings. The zero-order chi connectivity index (χ0) is 23.9. The number of non-ortho nitro benzene ring substituents is 1. The molecule has 11 nitrogen and oxygen atoms in total. The van der Waals surface area contributed by atoms with E-state index in [9.17, 15) is 30.4 Å². The van der Waals surface area contributed by atoms with Crippen LogP contribution in [0.3, 0.4) is 0 Å². The van der Waals surface area contributed by atoms with E-state index >= 15 is 0 Å². The molecule has 4 rings (SSSR count). The topological polar surface area (TPSA) is 165 Å². The second kappa shape index (κ2) is 8.04. The first-order valence-corrected chi connectivity index (χ1v) is 9.55. The van der Waals surface area contributed by atoms with E-state index in [0.717, 1.165) is 23.4 Å². The molecule has 0 aliphatic carbocycles. The van der Waals surface area contributed by atoms with Gasteiger partial charge in [0, 0.05) is 17.8 Å². The Bertz CT molecular complexity index is 1470. The molecule has 0 fully saturated rings. The van der Waals surface area contributed by atoms with Crippen LogP contribution in [0.4, 0.5) is 17.1 Å². The number of hydrogen-bond acceptors (Lipinski definition) is 9. The molecule has 0 unspecified atom stereocenters. The molecule has 0 spiro atoms. The van der Waals surface area contributed by atoms with Crippen molar-refractivity contribution in [3.63, 3.8) is 0 Å². The van der Waals surface area contributed by atoms with Crippen molar-refractivity contribution in [2.75, 3.05) is 0 Å². The van der Waals surface area contributed by atoms with Crippen molar-refractivity contribution in [3.8, 4) is 23.0 Å². The van der Waals surface area contributed by atoms with Crippen LogP contribution in [-0.4, -0.2) is 31.3 Å². The monoisotopic (exact) mass is 448 g/mol. The van der Waals surface area contributed by atoms with Gasteiger partial charge in [-0.05, 0) is 49.2 Å². The number of nitrogens with zero attached hydrogens (tertiary/aromatic N) is 4. The normalized spacial score (nSPS) is 11.3. The van der Waals surface area contributed by atoms with Crippen LogP contribution in [0.5, 0.6) is 11.5 Å². The molecular weight excluding hydrogens is 432 g/mol. The summed E-state index contributed by atoms with van der Waals surface area (Å²) < 4.78 is 5.83. The number of phenols is 2. The quantitative estimate of drug-likeness (QED) is 0.242. The highest BCUT2D eigenvalue weighted by Crippen LogP contribution is 2.36. The first-order chi connectivity index (χ1) is 15.6. The van der Waals surface area contributed by atoms with E-state index in [2.05, 4.69) is 9.98 Å². The number of oxazole rings is 1. The van der Waals surface area contributed by atoms with Crippen LogP contribution in [0, 0.1) is 34.1 Å². The van der Waals surface area contributed by atoms with Crippen LogP contribution < -0.4 is 0 Å². The van der Waals surface area contributed by atoms with Crippen molar-refractivity contribution in [1.29, 1.82) is 0 Å². The largest absolute Gasteiger partial charge is 0.507 e. The lowest BCUT2D eigenvalue weighted by molar-refractivity contribution is -0.394. The molecule has 0 aliphatic heterocycles. The zero-order valence-corrected chi connectivity index (χ0v) is 17.3. The smallest absolute Gasteiger partial charge is 0.318 e. The number of nitro benzene ring substituents is 2. The maximum Gasteiger partial charge on any atom is 0.318 e. The average Bonchev–Trinajstić information content (AvgIpc) is 3.17. The van der Waals surface area contributed by atoms with Crippen molar-refractivity contribution in [3.05, 3.63) is 79.4 Å². The second-order valence-corrected chi connectivity index (χ2v) is 7.33. The molecular formula is C22H16N4O7. The highest BCUT2D eigenvalue weighted by molar-refractivity contribution is 5.89. The Morgan fingerprint density at radius 2 is 1.79 bits per heavy atom. The number of aryl methyl sites for hydroxylation is 2. The van der Waals surface area contributed by atoms with Gasteiger partial charge in [0.15, 0.2) is 5.58 Å². The summed E-state index contributed by atoms with van der Waals surface area (Å²) in [5, 5.41) is 42.6. The zero-order valence-electron chi connectivity index (χ0n) is 17.3. The Morgan fingerprint density at radius 3 is 2.48 bits per heavy atom. The second-order valence-electron chi connectivity index (χ2n) is 7.33. The Kier molecular flexibility index (Phi) is 5.22. The number of aliphatic imine (C=N–C) groups is 1. The van der Waals surface area contributed by atoms with E-state index in [4.69, 9.17) is 4.42 Å². The first kappa shape index (κ1) is 21.4. The molecule has 3 aromatic carbocycles. The lowest BCUT2D eigenvalue weighted by Crippen LogP contribution is -1.96. The highest BCUT2D eigenvalue weighted by Gasteiger charge is 2.23. The molecule has 0 saturated heterocycles. The van der Waals surface area contributed by atoms with Gasteiger partial charge < -0.3 is 14.6 Å². The number of aromatic hydroxyl groups is 2. The first-order valence-electron chi connectivity index (χ1n) is 9.55. The molecule has 11 heteroatoms. The average molecular weight is 448 g/mol. The van der Waals surface area contributed by atoms with Gasteiger partial charge in [-0.3, -0.25) is 25.2 Å². The van der Waals surface area contributed by atoms with E-state index in [1.54, 1.807) is 0 Å². The minimum atomic E-state index is -0.921. The summed E-state index contributed by atoms with van der Waals surface area (Å²) in [6.07, 6.45) is 1.06. The number of benzene rings is 3. The number of aromatic nitrogens is 1. The van der Waals surface area contributed by atoms with Crippen LogP contribution in [0.15, 0.2) is 51.9 Å². The van der Waals surface area contributed by atoms with E-state index in [0.29, 0.717) is 17.2 Å². The third-order valence-corrected chi connectivity index (χ3v) is 4.89. The number of rotatable bonds is 5. The molecule has 0 radical (unpaired) electrons. The van der Waals surface area contributed by atoms with Gasteiger partial charge in [-0.1, -0.05) is 6.07 Å². The summed E-state index contributed by atoms with van der Waals surface area (Å²) in [5.74, 6) is -0.691. The molecule has 0 aliphatic rings. The predicted molar refractivity (Wildman–Crippen MR) is 119 cm³/mol. The standard InChI is InChI=1S/C22H16N4O7/c1-11-5-12(2)21-17(6-11)24-22(33-21)16-8-14(3-4-19(16)27)23-10-13-7-15(25(29)30)9-18(20(13)28)26(31)32/h3-10,27-28H,1-2H3. The van der Waals surface area contributed by atoms with Crippen molar-refractivity contribution in [2.24, 2.45) is 4.99 Å². The summed E-state index contributed by atoms with van der Waals surface area (Å²) in [4.78, 5) is 29.0. The number of nitro groups is 2. The Labute approximate surface area is 185 Å². The van der Waals surface area contributed by atoms with E-state index in [1.165, 1.54) is 18.2 Å². The summed E-state index contributed by atoms with van der Waals surface area (Å²) in [7, 11) is 0. The summed E-state index contributed by atoms with van der Waals surface area (Å²) in [6, 6.07) is 9.73. The Balaban J connectivity index is 1.76. The lowest BCUT2D eigenvalue weighted by atomic mass is 10.1. The van der Waals surface area contributed by atoms with Crippen LogP contribution in [0.25, 0.3) is 22.6 Å². The number of hydrogen-bond donors (Lipinski definition) is 2. The van der Waals surface area contributed by atoms with E-state index in [1.807, 2.05) is 26.0 Å². The van der Waals surface area contributed by atoms with Crippen molar-refractivity contribution >= 4 is 34.4 Å². The third kappa shape index (κ3) is 4.06. The number of phenolic OH excluding ortho intramolecular Hbond substituents is 2. The molecule has 0 atom stereocenters. The molecule has 2 N–H and O–H groups in total. The molecule has 0 bridgehead atoms. The number of fused-ring (bicyclic) bond motifs is 1. The van der Waals surface area contributed by atoms with Crippen molar-refractivity contribution < 1.29 is 24.5 Å². The van der Waals surface area contributed by atoms with Crippen LogP contribution in [-0.2, 0) is 0 Å². The van der Waals surface area contributed by atoms with Gasteiger partial charge in [-0.15, -0.1) is 0 Å². The fourth-order valence-electron chi connectivity index (χ4n) is 3.38. The van der Waals surface area contributed by atoms with Crippen LogP contribution >= 0.6 is 0 Å². The molecule has 0 amide bonds. The third-order valence-electron chi connectivity index (χ3n) is 4.89. The van der Waals surface area contributed by atoms with Gasteiger partial charge in [0.25, 0.3) is 5.69 Å². The van der Waals surface area contributed by atoms with E-state index < -0.39 is 27.0 Å². The van der Waals surface area contributed by atoms with Gasteiger partial charge >= 0.3 is 5.69 Å². The highest BCUT2D eigenvalue weighted by atomic mass is 16.6. The van der Waals surface area contributed by atoms with Gasteiger partial charge in [0.05, 0.1) is 27.2 Å². The maximum absolute atomic E-state index is 11.1. The van der Waals surface area contributed by atoms with E-state index in [-0.39, 0.29) is 28.5 Å². The molecule has 0 saturated carbocycles. The summed E-state index contributed by atoms with van der Waals surface area (Å²) in [5.41, 5.74) is 2.06. The Morgan fingerprint density at radius 1 is 1.03 bits per heavy atom. The minimum absolute atomic E-state index is 0.108. The van der Waals surface area contributed by atoms with Crippen LogP contribution in [0.2, 0.25) is 0 Å². The fraction of sp³-hybridized carbons (Fsp3) is 0.0909. The molecule has 33 heavy (non-hydrogen) atoms. The van der Waals surface area contributed by atoms with Crippen molar-refractivity contribution in [1.82, 2.24) is 4.98 Å². The SMILES string of the molecule is Cc1cc(C)c2oc(-c3cc(N=Cc4cc([N+](=O)[O-])cc([N+](=O)[O-])c4O)ccc3O)nc2c1. The van der Waals surface area contributed by atoms with Crippen molar-refractivity contribution in [2.45, 2.75) is 13.8 Å². The summed E-state index contributed by atoms with van der Waals surface area (Å²) >= 11 is 0.